The van der Waals surface area contributed by atoms with Crippen molar-refractivity contribution in [3.63, 3.8) is 0 Å². The number of aliphatic imine (C=N–C) groups is 1. The van der Waals surface area contributed by atoms with Crippen molar-refractivity contribution in [1.29, 1.82) is 0 Å². The summed E-state index contributed by atoms with van der Waals surface area (Å²) in [6.07, 6.45) is 3.24. The molecule has 2 saturated heterocycles. The molecule has 0 spiro atoms. The summed E-state index contributed by atoms with van der Waals surface area (Å²) < 4.78 is 26.0. The molecule has 48 heavy (non-hydrogen) atoms. The van der Waals surface area contributed by atoms with E-state index in [4.69, 9.17) is 28.2 Å². The van der Waals surface area contributed by atoms with E-state index in [-0.39, 0.29) is 42.4 Å². The fraction of sp³-hybridized carbons (Fsp3) is 0.514. The number of amidine groups is 1. The Hall–Kier alpha value is -2.57. The highest BCUT2D eigenvalue weighted by molar-refractivity contribution is 8.18. The van der Waals surface area contributed by atoms with Crippen molar-refractivity contribution in [2.45, 2.75) is 83.6 Å². The van der Waals surface area contributed by atoms with Crippen molar-refractivity contribution in [1.82, 2.24) is 19.0 Å². The Morgan fingerprint density at radius 1 is 1.02 bits per heavy atom. The van der Waals surface area contributed by atoms with E-state index in [1.807, 2.05) is 60.4 Å². The molecule has 0 aromatic heterocycles. The fourth-order valence-electron chi connectivity index (χ4n) is 7.86. The second kappa shape index (κ2) is 13.3. The van der Waals surface area contributed by atoms with Crippen molar-refractivity contribution in [2.24, 2.45) is 10.9 Å². The molecule has 0 N–H and O–H groups in total. The van der Waals surface area contributed by atoms with Crippen LogP contribution in [0.25, 0.3) is 0 Å². The minimum absolute atomic E-state index is 0.0201. The monoisotopic (exact) mass is 731 g/mol. The first-order valence-corrected chi connectivity index (χ1v) is 20.0. The number of carbonyl (C=O) groups is 2. The molecule has 4 aliphatic heterocycles. The molecule has 0 unspecified atom stereocenters. The molecule has 2 fully saturated rings. The predicted molar refractivity (Wildman–Crippen MR) is 193 cm³/mol. The molecule has 5 atom stereocenters. The van der Waals surface area contributed by atoms with E-state index in [0.29, 0.717) is 34.5 Å². The maximum Gasteiger partial charge on any atom is 0.263 e. The van der Waals surface area contributed by atoms with Crippen LogP contribution in [-0.4, -0.2) is 88.4 Å². The summed E-state index contributed by atoms with van der Waals surface area (Å²) in [6.45, 7) is 11.0. The van der Waals surface area contributed by atoms with Crippen LogP contribution >= 0.6 is 35.0 Å². The smallest absolute Gasteiger partial charge is 0.263 e. The van der Waals surface area contributed by atoms with Crippen LogP contribution in [0.1, 0.15) is 71.0 Å². The first-order chi connectivity index (χ1) is 22.6. The fourth-order valence-corrected chi connectivity index (χ4v) is 10.6. The predicted octanol–water partition coefficient (Wildman–Crippen LogP) is 6.50. The highest BCUT2D eigenvalue weighted by atomic mass is 35.5. The van der Waals surface area contributed by atoms with Gasteiger partial charge in [0.25, 0.3) is 5.91 Å². The van der Waals surface area contributed by atoms with E-state index in [9.17, 15) is 18.0 Å². The normalized spacial score (nSPS) is 28.0. The summed E-state index contributed by atoms with van der Waals surface area (Å²) in [5, 5.41) is 2.04. The zero-order valence-corrected chi connectivity index (χ0v) is 31.3. The van der Waals surface area contributed by atoms with Crippen LogP contribution in [0.3, 0.4) is 0 Å². The highest BCUT2D eigenvalue weighted by Gasteiger charge is 2.54. The molecule has 6 rings (SSSR count). The van der Waals surface area contributed by atoms with Crippen molar-refractivity contribution in [3.05, 3.63) is 80.3 Å². The Morgan fingerprint density at radius 2 is 1.65 bits per heavy atom. The number of fused-ring (bicyclic) bond motifs is 1. The van der Waals surface area contributed by atoms with Gasteiger partial charge < -0.3 is 14.7 Å². The minimum atomic E-state index is -3.37. The standard InChI is InChI=1S/C35H43Cl2N5O4S2/c1-7-27-16-17-28(32(43)39-18-19-40(22(4)20-39)48(6,45)46)41(27)33(44)30-29(21(2)3)42-31(23-8-12-25(36)13-9-23)35(5,38-34(42)47-30)24-10-14-26(37)15-11-24/h8-15,21-22,27-28,31H,7,16-20H2,1-6H3/t22-,27-,28+,31-,35+/m1/s1. The molecule has 0 radical (unpaired) electrons. The summed E-state index contributed by atoms with van der Waals surface area (Å²) in [6, 6.07) is 14.3. The number of hydrogen-bond donors (Lipinski definition) is 0. The van der Waals surface area contributed by atoms with Crippen molar-refractivity contribution in [2.75, 3.05) is 25.9 Å². The Kier molecular flexibility index (Phi) is 9.76. The van der Waals surface area contributed by atoms with E-state index in [0.717, 1.165) is 34.8 Å². The van der Waals surface area contributed by atoms with E-state index in [1.165, 1.54) is 22.3 Å². The third-order valence-corrected chi connectivity index (χ3v) is 13.1. The number of benzene rings is 2. The van der Waals surface area contributed by atoms with Gasteiger partial charge in [0.05, 0.1) is 12.3 Å². The molecule has 4 heterocycles. The summed E-state index contributed by atoms with van der Waals surface area (Å²) in [7, 11) is -3.37. The lowest BCUT2D eigenvalue weighted by Gasteiger charge is -2.40. The van der Waals surface area contributed by atoms with E-state index >= 15 is 0 Å². The van der Waals surface area contributed by atoms with Crippen molar-refractivity contribution >= 4 is 62.0 Å². The van der Waals surface area contributed by atoms with Gasteiger partial charge in [0.1, 0.15) is 16.5 Å². The molecule has 2 aromatic rings. The summed E-state index contributed by atoms with van der Waals surface area (Å²) in [5.74, 6) is -0.274. The number of carbonyl (C=O) groups excluding carboxylic acids is 2. The van der Waals surface area contributed by atoms with Crippen LogP contribution in [0.5, 0.6) is 0 Å². The number of piperazine rings is 1. The van der Waals surface area contributed by atoms with Crippen LogP contribution < -0.4 is 0 Å². The zero-order valence-electron chi connectivity index (χ0n) is 28.2. The molecule has 0 bridgehead atoms. The van der Waals surface area contributed by atoms with Crippen LogP contribution in [0.15, 0.2) is 64.1 Å². The number of allylic oxidation sites excluding steroid dienone is 1. The van der Waals surface area contributed by atoms with Crippen molar-refractivity contribution in [3.8, 4) is 0 Å². The molecule has 2 aromatic carbocycles. The Morgan fingerprint density at radius 3 is 2.21 bits per heavy atom. The molecule has 4 aliphatic rings. The Labute approximate surface area is 298 Å². The van der Waals surface area contributed by atoms with Gasteiger partial charge >= 0.3 is 0 Å². The van der Waals surface area contributed by atoms with Crippen LogP contribution in [0, 0.1) is 5.92 Å². The van der Waals surface area contributed by atoms with Gasteiger partial charge in [0, 0.05) is 47.5 Å². The molecule has 9 nitrogen and oxygen atoms in total. The molecule has 2 amide bonds. The molecular formula is C35H43Cl2N5O4S2. The summed E-state index contributed by atoms with van der Waals surface area (Å²) >= 11 is 14.0. The van der Waals surface area contributed by atoms with E-state index in [2.05, 4.69) is 32.6 Å². The number of sulfonamides is 1. The molecular weight excluding hydrogens is 689 g/mol. The quantitative estimate of drug-likeness (QED) is 0.323. The SMILES string of the molecule is CC[C@@H]1CC[C@@H](C(=O)N2CCN(S(C)(=O)=O)[C@H](C)C2)N1C(=O)C1=C(C(C)C)N2C(=N[C@@](C)(c3ccc(Cl)cc3)[C@H]2c2ccc(Cl)cc2)S1. The van der Waals surface area contributed by atoms with Gasteiger partial charge in [-0.3, -0.25) is 9.59 Å². The number of thioether (sulfide) groups is 1. The molecule has 258 valence electrons. The van der Waals surface area contributed by atoms with Crippen LogP contribution in [-0.2, 0) is 25.2 Å². The van der Waals surface area contributed by atoms with Crippen LogP contribution in [0.4, 0.5) is 0 Å². The third kappa shape index (κ3) is 6.19. The first-order valence-electron chi connectivity index (χ1n) is 16.6. The first kappa shape index (κ1) is 35.3. The average molecular weight is 733 g/mol. The number of amides is 2. The van der Waals surface area contributed by atoms with Gasteiger partial charge in [0.2, 0.25) is 15.9 Å². The molecule has 0 saturated carbocycles. The molecule has 13 heteroatoms. The van der Waals surface area contributed by atoms with E-state index in [1.54, 1.807) is 4.90 Å². The summed E-state index contributed by atoms with van der Waals surface area (Å²) in [5.41, 5.74) is 2.24. The van der Waals surface area contributed by atoms with Gasteiger partial charge in [-0.1, -0.05) is 68.2 Å². The maximum atomic E-state index is 14.8. The average Bonchev–Trinajstić information content (AvgIpc) is 3.70. The lowest BCUT2D eigenvalue weighted by molar-refractivity contribution is -0.144. The third-order valence-electron chi connectivity index (χ3n) is 10.2. The van der Waals surface area contributed by atoms with E-state index < -0.39 is 21.6 Å². The van der Waals surface area contributed by atoms with Crippen LogP contribution in [0.2, 0.25) is 10.0 Å². The number of halogens is 2. The lowest BCUT2D eigenvalue weighted by atomic mass is 9.81. The Bertz CT molecular complexity index is 1770. The maximum absolute atomic E-state index is 14.8. The largest absolute Gasteiger partial charge is 0.338 e. The summed E-state index contributed by atoms with van der Waals surface area (Å²) in [4.78, 5) is 40.7. The minimum Gasteiger partial charge on any atom is -0.338 e. The van der Waals surface area contributed by atoms with Gasteiger partial charge in [-0.2, -0.15) is 4.31 Å². The van der Waals surface area contributed by atoms with Gasteiger partial charge in [-0.15, -0.1) is 0 Å². The van der Waals surface area contributed by atoms with Gasteiger partial charge in [-0.25, -0.2) is 13.4 Å². The zero-order chi connectivity index (χ0) is 34.7. The number of hydrogen-bond acceptors (Lipinski definition) is 7. The Balaban J connectivity index is 1.37. The number of rotatable bonds is 7. The van der Waals surface area contributed by atoms with Gasteiger partial charge in [0.15, 0.2) is 5.17 Å². The second-order valence-corrected chi connectivity index (χ2v) is 17.5. The van der Waals surface area contributed by atoms with Gasteiger partial charge in [-0.05, 0) is 86.2 Å². The van der Waals surface area contributed by atoms with Crippen molar-refractivity contribution < 1.29 is 18.0 Å². The topological polar surface area (TPSA) is 93.6 Å². The lowest BCUT2D eigenvalue weighted by Crippen LogP contribution is -2.59. The second-order valence-electron chi connectivity index (χ2n) is 13.7. The molecule has 0 aliphatic carbocycles. The number of nitrogens with zero attached hydrogens (tertiary/aromatic N) is 5. The highest BCUT2D eigenvalue weighted by Crippen LogP contribution is 2.56. The number of likely N-dealkylation sites (tertiary alicyclic amines) is 1.